The monoisotopic (exact) mass is 234 g/mol. The zero-order chi connectivity index (χ0) is 10.3. The Morgan fingerprint density at radius 3 is 2.79 bits per heavy atom. The van der Waals surface area contributed by atoms with E-state index in [9.17, 15) is 12.8 Å². The van der Waals surface area contributed by atoms with Gasteiger partial charge in [0.15, 0.2) is 0 Å². The number of H-pyrrole nitrogens is 1. The van der Waals surface area contributed by atoms with E-state index in [1.165, 1.54) is 12.1 Å². The summed E-state index contributed by atoms with van der Waals surface area (Å²) in [5, 5.41) is -0.375. The molecule has 0 spiro atoms. The maximum Gasteiger partial charge on any atom is 0.294 e. The molecule has 1 aromatic carbocycles. The molecule has 1 heterocycles. The van der Waals surface area contributed by atoms with Crippen molar-refractivity contribution in [1.82, 2.24) is 9.97 Å². The van der Waals surface area contributed by atoms with Crippen LogP contribution in [0.4, 0.5) is 4.39 Å². The molecule has 2 aromatic rings. The Hall–Kier alpha value is -1.14. The van der Waals surface area contributed by atoms with E-state index in [2.05, 4.69) is 9.97 Å². The molecule has 2 rings (SSSR count). The Labute approximate surface area is 83.1 Å². The maximum atomic E-state index is 12.7. The number of hydrogen-bond acceptors (Lipinski definition) is 3. The number of hydrogen-bond donors (Lipinski definition) is 1. The molecule has 0 unspecified atom stereocenters. The van der Waals surface area contributed by atoms with Crippen LogP contribution in [-0.4, -0.2) is 18.4 Å². The third kappa shape index (κ3) is 1.58. The Morgan fingerprint density at radius 2 is 2.14 bits per heavy atom. The second-order valence-electron chi connectivity index (χ2n) is 2.64. The molecular weight excluding hydrogens is 231 g/mol. The Kier molecular flexibility index (Phi) is 1.97. The SMILES string of the molecule is O=S(=O)(Cl)c1nc2ccc(F)cc2[nH]1. The van der Waals surface area contributed by atoms with Crippen molar-refractivity contribution in [3.05, 3.63) is 24.0 Å². The molecule has 0 fully saturated rings. The van der Waals surface area contributed by atoms with Gasteiger partial charge in [-0.1, -0.05) is 0 Å². The summed E-state index contributed by atoms with van der Waals surface area (Å²) in [7, 11) is 1.16. The van der Waals surface area contributed by atoms with Gasteiger partial charge in [-0.3, -0.25) is 0 Å². The lowest BCUT2D eigenvalue weighted by Gasteiger charge is -1.86. The van der Waals surface area contributed by atoms with Gasteiger partial charge in [0.25, 0.3) is 9.05 Å². The largest absolute Gasteiger partial charge is 0.328 e. The molecule has 0 aliphatic heterocycles. The summed E-state index contributed by atoms with van der Waals surface area (Å²) < 4.78 is 34.4. The maximum absolute atomic E-state index is 12.7. The number of nitrogens with one attached hydrogen (secondary N) is 1. The molecule has 0 saturated heterocycles. The first kappa shape index (κ1) is 9.42. The van der Waals surface area contributed by atoms with E-state index in [0.717, 1.165) is 6.07 Å². The molecule has 0 bridgehead atoms. The van der Waals surface area contributed by atoms with Gasteiger partial charge in [-0.05, 0) is 18.2 Å². The first-order valence-corrected chi connectivity index (χ1v) is 5.88. The third-order valence-electron chi connectivity index (χ3n) is 1.65. The fourth-order valence-electron chi connectivity index (χ4n) is 1.07. The van der Waals surface area contributed by atoms with Crippen LogP contribution in [0.25, 0.3) is 11.0 Å². The van der Waals surface area contributed by atoms with Gasteiger partial charge in [0.1, 0.15) is 5.82 Å². The van der Waals surface area contributed by atoms with Crippen molar-refractivity contribution in [1.29, 1.82) is 0 Å². The van der Waals surface area contributed by atoms with Crippen LogP contribution in [0, 0.1) is 5.82 Å². The van der Waals surface area contributed by atoms with E-state index in [4.69, 9.17) is 10.7 Å². The predicted molar refractivity (Wildman–Crippen MR) is 49.1 cm³/mol. The Balaban J connectivity index is 2.75. The van der Waals surface area contributed by atoms with Crippen molar-refractivity contribution in [3.63, 3.8) is 0 Å². The number of nitrogens with zero attached hydrogens (tertiary/aromatic N) is 1. The van der Waals surface area contributed by atoms with Gasteiger partial charge in [-0.15, -0.1) is 0 Å². The van der Waals surface area contributed by atoms with Gasteiger partial charge < -0.3 is 4.98 Å². The van der Waals surface area contributed by atoms with Crippen molar-refractivity contribution in [2.45, 2.75) is 5.16 Å². The summed E-state index contributed by atoms with van der Waals surface area (Å²) in [5.41, 5.74) is 0.648. The highest BCUT2D eigenvalue weighted by Crippen LogP contribution is 2.17. The number of imidazole rings is 1. The van der Waals surface area contributed by atoms with Crippen LogP contribution >= 0.6 is 10.7 Å². The van der Waals surface area contributed by atoms with Crippen LogP contribution in [0.1, 0.15) is 0 Å². The van der Waals surface area contributed by atoms with E-state index in [1.54, 1.807) is 0 Å². The molecule has 0 aliphatic carbocycles. The summed E-state index contributed by atoms with van der Waals surface area (Å²) in [6.07, 6.45) is 0. The molecular formula is C7H4ClFN2O2S. The van der Waals surface area contributed by atoms with E-state index in [0.29, 0.717) is 11.0 Å². The van der Waals surface area contributed by atoms with Gasteiger partial charge in [0.05, 0.1) is 11.0 Å². The minimum absolute atomic E-state index is 0.296. The fourth-order valence-corrected chi connectivity index (χ4v) is 1.73. The van der Waals surface area contributed by atoms with Crippen LogP contribution < -0.4 is 0 Å². The zero-order valence-electron chi connectivity index (χ0n) is 6.66. The van der Waals surface area contributed by atoms with Gasteiger partial charge >= 0.3 is 0 Å². The number of aromatic amines is 1. The summed E-state index contributed by atoms with van der Waals surface area (Å²) in [6, 6.07) is 3.70. The molecule has 0 aliphatic rings. The van der Waals surface area contributed by atoms with Gasteiger partial charge in [-0.25, -0.2) is 17.8 Å². The van der Waals surface area contributed by atoms with Crippen molar-refractivity contribution in [2.24, 2.45) is 0 Å². The zero-order valence-corrected chi connectivity index (χ0v) is 8.23. The molecule has 7 heteroatoms. The molecule has 0 atom stereocenters. The van der Waals surface area contributed by atoms with Crippen LogP contribution in [0.15, 0.2) is 23.4 Å². The van der Waals surface area contributed by atoms with Gasteiger partial charge in [-0.2, -0.15) is 0 Å². The lowest BCUT2D eigenvalue weighted by molar-refractivity contribution is 0.603. The lowest BCUT2D eigenvalue weighted by atomic mass is 10.3. The predicted octanol–water partition coefficient (Wildman–Crippen LogP) is 1.63. The van der Waals surface area contributed by atoms with E-state index >= 15 is 0 Å². The molecule has 0 radical (unpaired) electrons. The average molecular weight is 235 g/mol. The molecule has 14 heavy (non-hydrogen) atoms. The highest BCUT2D eigenvalue weighted by atomic mass is 35.7. The molecule has 1 aromatic heterocycles. The normalized spacial score (nSPS) is 12.1. The summed E-state index contributed by atoms with van der Waals surface area (Å²) in [4.78, 5) is 6.09. The third-order valence-corrected chi connectivity index (χ3v) is 2.75. The van der Waals surface area contributed by atoms with Crippen LogP contribution in [0.5, 0.6) is 0 Å². The van der Waals surface area contributed by atoms with Crippen molar-refractivity contribution in [3.8, 4) is 0 Å². The van der Waals surface area contributed by atoms with Crippen molar-refractivity contribution in [2.75, 3.05) is 0 Å². The Bertz CT molecular complexity index is 593. The summed E-state index contributed by atoms with van der Waals surface area (Å²) >= 11 is 0. The Morgan fingerprint density at radius 1 is 1.43 bits per heavy atom. The van der Waals surface area contributed by atoms with Crippen LogP contribution in [0.3, 0.4) is 0 Å². The van der Waals surface area contributed by atoms with E-state index in [-0.39, 0.29) is 5.16 Å². The quantitative estimate of drug-likeness (QED) is 0.763. The number of aromatic nitrogens is 2. The topological polar surface area (TPSA) is 62.8 Å². The minimum Gasteiger partial charge on any atom is -0.328 e. The number of halogens is 2. The van der Waals surface area contributed by atoms with E-state index < -0.39 is 14.9 Å². The minimum atomic E-state index is -3.89. The van der Waals surface area contributed by atoms with Gasteiger partial charge in [0, 0.05) is 10.7 Å². The molecule has 0 saturated carbocycles. The molecule has 1 N–H and O–H groups in total. The first-order chi connectivity index (χ1) is 6.47. The highest BCUT2D eigenvalue weighted by molar-refractivity contribution is 8.13. The van der Waals surface area contributed by atoms with Crippen molar-refractivity contribution < 1.29 is 12.8 Å². The first-order valence-electron chi connectivity index (χ1n) is 3.57. The summed E-state index contributed by atoms with van der Waals surface area (Å²) in [6.45, 7) is 0. The van der Waals surface area contributed by atoms with Crippen LogP contribution in [-0.2, 0) is 9.05 Å². The second-order valence-corrected chi connectivity index (χ2v) is 5.12. The number of rotatable bonds is 1. The average Bonchev–Trinajstić information content (AvgIpc) is 2.45. The number of fused-ring (bicyclic) bond motifs is 1. The molecule has 74 valence electrons. The smallest absolute Gasteiger partial charge is 0.294 e. The molecule has 0 amide bonds. The van der Waals surface area contributed by atoms with Gasteiger partial charge in [0.2, 0.25) is 5.16 Å². The van der Waals surface area contributed by atoms with Crippen LogP contribution in [0.2, 0.25) is 0 Å². The number of benzene rings is 1. The second kappa shape index (κ2) is 2.93. The highest BCUT2D eigenvalue weighted by Gasteiger charge is 2.15. The standard InChI is InChI=1S/C7H4ClFN2O2S/c8-14(12,13)7-10-5-2-1-4(9)3-6(5)11-7/h1-3H,(H,10,11). The van der Waals surface area contributed by atoms with E-state index in [1.807, 2.05) is 0 Å². The fraction of sp³-hybridized carbons (Fsp3) is 0. The summed E-state index contributed by atoms with van der Waals surface area (Å²) in [5.74, 6) is -0.473. The lowest BCUT2D eigenvalue weighted by Crippen LogP contribution is -1.92. The van der Waals surface area contributed by atoms with Crippen molar-refractivity contribution >= 4 is 30.8 Å². The molecule has 4 nitrogen and oxygen atoms in total.